The van der Waals surface area contributed by atoms with Crippen LogP contribution < -0.4 is 5.56 Å². The lowest BCUT2D eigenvalue weighted by molar-refractivity contribution is 0.0689. The van der Waals surface area contributed by atoms with E-state index in [-0.39, 0.29) is 17.2 Å². The first kappa shape index (κ1) is 7.15. The molecule has 0 radical (unpaired) electrons. The van der Waals surface area contributed by atoms with E-state index in [0.29, 0.717) is 5.56 Å². The monoisotopic (exact) mass is 168 g/mol. The van der Waals surface area contributed by atoms with E-state index < -0.39 is 5.97 Å². The molecule has 0 amide bonds. The van der Waals surface area contributed by atoms with Crippen LogP contribution >= 0.6 is 0 Å². The molecule has 1 aromatic heterocycles. The second-order valence-electron chi connectivity index (χ2n) is 2.95. The predicted molar refractivity (Wildman–Crippen MR) is 40.3 cm³/mol. The van der Waals surface area contributed by atoms with Crippen molar-refractivity contribution in [3.63, 3.8) is 0 Å². The quantitative estimate of drug-likeness (QED) is 0.592. The lowest BCUT2D eigenvalue weighted by atomic mass is 10.1. The van der Waals surface area contributed by atoms with Gasteiger partial charge in [0.2, 0.25) is 0 Å². The summed E-state index contributed by atoms with van der Waals surface area (Å²) in [5, 5.41) is 13.3. The molecule has 1 saturated carbocycles. The van der Waals surface area contributed by atoms with E-state index in [9.17, 15) is 9.59 Å². The fraction of sp³-hybridized carbons (Fsp3) is 0.429. The second kappa shape index (κ2) is 2.23. The van der Waals surface area contributed by atoms with Gasteiger partial charge in [-0.25, -0.2) is 4.79 Å². The molecule has 3 N–H and O–H groups in total. The number of aromatic amines is 2. The largest absolute Gasteiger partial charge is 0.477 e. The van der Waals surface area contributed by atoms with E-state index in [0.717, 1.165) is 12.8 Å². The summed E-state index contributed by atoms with van der Waals surface area (Å²) in [5.41, 5.74) is 0.125. The Labute approximate surface area is 67.4 Å². The molecule has 5 heteroatoms. The normalized spacial score (nSPS) is 16.3. The third-order valence-corrected chi connectivity index (χ3v) is 2.01. The topological polar surface area (TPSA) is 85.9 Å². The van der Waals surface area contributed by atoms with Gasteiger partial charge in [-0.2, -0.15) is 0 Å². The molecule has 12 heavy (non-hydrogen) atoms. The van der Waals surface area contributed by atoms with Gasteiger partial charge in [0.15, 0.2) is 0 Å². The Morgan fingerprint density at radius 3 is 2.58 bits per heavy atom. The number of aromatic carboxylic acids is 1. The average molecular weight is 168 g/mol. The Balaban J connectivity index is 2.53. The fourth-order valence-corrected chi connectivity index (χ4v) is 1.30. The molecule has 0 aliphatic heterocycles. The summed E-state index contributed by atoms with van der Waals surface area (Å²) in [6, 6.07) is 0. The van der Waals surface area contributed by atoms with Crippen LogP contribution in [0.1, 0.15) is 34.8 Å². The highest BCUT2D eigenvalue weighted by molar-refractivity contribution is 5.87. The molecule has 1 aliphatic carbocycles. The number of aromatic nitrogens is 2. The average Bonchev–Trinajstić information content (AvgIpc) is 2.75. The number of H-pyrrole nitrogens is 2. The molecular formula is C7H8N2O3. The Morgan fingerprint density at radius 1 is 1.42 bits per heavy atom. The van der Waals surface area contributed by atoms with Crippen molar-refractivity contribution in [3.05, 3.63) is 21.6 Å². The molecule has 1 aliphatic rings. The molecule has 1 fully saturated rings. The Kier molecular flexibility index (Phi) is 1.33. The summed E-state index contributed by atoms with van der Waals surface area (Å²) < 4.78 is 0. The van der Waals surface area contributed by atoms with Gasteiger partial charge in [-0.1, -0.05) is 0 Å². The van der Waals surface area contributed by atoms with Crippen molar-refractivity contribution in [2.75, 3.05) is 0 Å². The highest BCUT2D eigenvalue weighted by Crippen LogP contribution is 2.39. The lowest BCUT2D eigenvalue weighted by Crippen LogP contribution is -2.07. The van der Waals surface area contributed by atoms with Gasteiger partial charge in [-0.15, -0.1) is 0 Å². The van der Waals surface area contributed by atoms with E-state index in [2.05, 4.69) is 10.2 Å². The van der Waals surface area contributed by atoms with Crippen LogP contribution in [-0.4, -0.2) is 21.3 Å². The number of rotatable bonds is 2. The van der Waals surface area contributed by atoms with Crippen LogP contribution in [0.25, 0.3) is 0 Å². The number of hydrogen-bond acceptors (Lipinski definition) is 2. The summed E-state index contributed by atoms with van der Waals surface area (Å²) in [4.78, 5) is 21.7. The first-order chi connectivity index (χ1) is 5.70. The molecule has 1 aromatic rings. The number of carboxylic acids is 1. The van der Waals surface area contributed by atoms with Crippen LogP contribution in [-0.2, 0) is 0 Å². The van der Waals surface area contributed by atoms with Gasteiger partial charge >= 0.3 is 5.97 Å². The van der Waals surface area contributed by atoms with Crippen LogP contribution in [0.4, 0.5) is 0 Å². The van der Waals surface area contributed by atoms with E-state index in [1.54, 1.807) is 0 Å². The van der Waals surface area contributed by atoms with Crippen molar-refractivity contribution in [3.8, 4) is 0 Å². The minimum absolute atomic E-state index is 0.0162. The van der Waals surface area contributed by atoms with Crippen molar-refractivity contribution in [2.24, 2.45) is 0 Å². The minimum Gasteiger partial charge on any atom is -0.477 e. The second-order valence-corrected chi connectivity index (χ2v) is 2.95. The molecule has 0 unspecified atom stereocenters. The number of carbonyl (C=O) groups is 1. The smallest absolute Gasteiger partial charge is 0.354 e. The molecule has 5 nitrogen and oxygen atoms in total. The lowest BCUT2D eigenvalue weighted by Gasteiger charge is -1.91. The molecular weight excluding hydrogens is 160 g/mol. The zero-order valence-electron chi connectivity index (χ0n) is 6.26. The summed E-state index contributed by atoms with van der Waals surface area (Å²) in [6.45, 7) is 0. The maximum absolute atomic E-state index is 11.1. The zero-order chi connectivity index (χ0) is 8.72. The van der Waals surface area contributed by atoms with Gasteiger partial charge in [-0.05, 0) is 18.8 Å². The predicted octanol–water partition coefficient (Wildman–Crippen LogP) is 0.279. The SMILES string of the molecule is O=C(O)c1[nH][nH]c(=O)c1C1CC1. The van der Waals surface area contributed by atoms with Crippen LogP contribution in [0.2, 0.25) is 0 Å². The molecule has 0 saturated heterocycles. The van der Waals surface area contributed by atoms with Crippen LogP contribution in [0, 0.1) is 0 Å². The Bertz CT molecular complexity index is 372. The molecule has 0 spiro atoms. The van der Waals surface area contributed by atoms with Crippen molar-refractivity contribution < 1.29 is 9.90 Å². The van der Waals surface area contributed by atoms with Crippen molar-refractivity contribution in [2.45, 2.75) is 18.8 Å². The van der Waals surface area contributed by atoms with Crippen LogP contribution in [0.3, 0.4) is 0 Å². The van der Waals surface area contributed by atoms with Crippen LogP contribution in [0.15, 0.2) is 4.79 Å². The summed E-state index contributed by atoms with van der Waals surface area (Å²) >= 11 is 0. The highest BCUT2D eigenvalue weighted by Gasteiger charge is 2.32. The third kappa shape index (κ3) is 0.939. The Morgan fingerprint density at radius 2 is 2.08 bits per heavy atom. The van der Waals surface area contributed by atoms with E-state index in [1.807, 2.05) is 0 Å². The standard InChI is InChI=1S/C7H8N2O3/c10-6-4(3-1-2-3)5(7(11)12)8-9-6/h3H,1-2H2,(H,11,12)(H2,8,9,10). The summed E-state index contributed by atoms with van der Waals surface area (Å²) in [5.74, 6) is -0.915. The van der Waals surface area contributed by atoms with E-state index >= 15 is 0 Å². The molecule has 0 atom stereocenters. The summed E-state index contributed by atoms with van der Waals surface area (Å²) in [6.07, 6.45) is 1.84. The van der Waals surface area contributed by atoms with Crippen molar-refractivity contribution >= 4 is 5.97 Å². The fourth-order valence-electron chi connectivity index (χ4n) is 1.30. The Hall–Kier alpha value is -1.52. The third-order valence-electron chi connectivity index (χ3n) is 2.01. The zero-order valence-corrected chi connectivity index (χ0v) is 6.26. The van der Waals surface area contributed by atoms with E-state index in [4.69, 9.17) is 5.11 Å². The minimum atomic E-state index is -1.07. The molecule has 0 bridgehead atoms. The van der Waals surface area contributed by atoms with Gasteiger partial charge in [0.1, 0.15) is 5.69 Å². The van der Waals surface area contributed by atoms with Crippen molar-refractivity contribution in [1.29, 1.82) is 0 Å². The molecule has 0 aromatic carbocycles. The van der Waals surface area contributed by atoms with Crippen LogP contribution in [0.5, 0.6) is 0 Å². The first-order valence-electron chi connectivity index (χ1n) is 3.74. The molecule has 2 rings (SSSR count). The molecule has 1 heterocycles. The highest BCUT2D eigenvalue weighted by atomic mass is 16.4. The van der Waals surface area contributed by atoms with Gasteiger partial charge < -0.3 is 5.11 Å². The van der Waals surface area contributed by atoms with Gasteiger partial charge in [0, 0.05) is 0 Å². The number of hydrogen-bond donors (Lipinski definition) is 3. The maximum atomic E-state index is 11.1. The number of carboxylic acid groups (broad SMARTS) is 1. The van der Waals surface area contributed by atoms with Gasteiger partial charge in [0.05, 0.1) is 5.56 Å². The number of nitrogens with one attached hydrogen (secondary N) is 2. The first-order valence-corrected chi connectivity index (χ1v) is 3.74. The van der Waals surface area contributed by atoms with Crippen molar-refractivity contribution in [1.82, 2.24) is 10.2 Å². The maximum Gasteiger partial charge on any atom is 0.354 e. The van der Waals surface area contributed by atoms with Gasteiger partial charge in [0.25, 0.3) is 5.56 Å². The van der Waals surface area contributed by atoms with E-state index in [1.165, 1.54) is 0 Å². The summed E-state index contributed by atoms with van der Waals surface area (Å²) in [7, 11) is 0. The van der Waals surface area contributed by atoms with Gasteiger partial charge in [-0.3, -0.25) is 15.0 Å². The molecule has 64 valence electrons.